The third-order valence-electron chi connectivity index (χ3n) is 5.90. The van der Waals surface area contributed by atoms with Crippen LogP contribution in [0.15, 0.2) is 55.0 Å². The van der Waals surface area contributed by atoms with Gasteiger partial charge in [-0.25, -0.2) is 19.0 Å². The van der Waals surface area contributed by atoms with Crippen molar-refractivity contribution >= 4 is 12.2 Å². The first-order chi connectivity index (χ1) is 16.0. The van der Waals surface area contributed by atoms with Crippen molar-refractivity contribution < 1.29 is 14.2 Å². The van der Waals surface area contributed by atoms with Crippen molar-refractivity contribution in [2.75, 3.05) is 7.11 Å². The zero-order chi connectivity index (χ0) is 23.0. The number of nitrogens with zero attached hydrogens (tertiary/aromatic N) is 5. The zero-order valence-corrected chi connectivity index (χ0v) is 18.4. The molecular formula is C25H24FN5O2. The minimum absolute atomic E-state index is 0.226. The molecule has 0 saturated carbocycles. The summed E-state index contributed by atoms with van der Waals surface area (Å²) in [5, 5.41) is 15.9. The lowest BCUT2D eigenvalue weighted by Crippen LogP contribution is -2.36. The first-order valence-electron chi connectivity index (χ1n) is 10.8. The van der Waals surface area contributed by atoms with Crippen LogP contribution in [-0.2, 0) is 12.1 Å². The van der Waals surface area contributed by atoms with Crippen molar-refractivity contribution in [3.8, 4) is 11.4 Å². The Kier molecular flexibility index (Phi) is 5.30. The van der Waals surface area contributed by atoms with Crippen LogP contribution in [0, 0.1) is 12.7 Å². The summed E-state index contributed by atoms with van der Waals surface area (Å²) in [6, 6.07) is 12.1. The summed E-state index contributed by atoms with van der Waals surface area (Å²) >= 11 is 0. The molecule has 33 heavy (non-hydrogen) atoms. The maximum absolute atomic E-state index is 14.5. The fraction of sp³-hybridized carbons (Fsp3) is 0.240. The van der Waals surface area contributed by atoms with Gasteiger partial charge >= 0.3 is 0 Å². The number of aromatic nitrogens is 5. The second kappa shape index (κ2) is 8.29. The van der Waals surface area contributed by atoms with E-state index in [0.29, 0.717) is 36.8 Å². The lowest BCUT2D eigenvalue weighted by atomic mass is 9.86. The monoisotopic (exact) mass is 445 g/mol. The van der Waals surface area contributed by atoms with E-state index in [4.69, 9.17) is 4.74 Å². The quantitative estimate of drug-likeness (QED) is 0.500. The summed E-state index contributed by atoms with van der Waals surface area (Å²) in [6.45, 7) is 2.56. The predicted octanol–water partition coefficient (Wildman–Crippen LogP) is 4.12. The number of halogens is 1. The number of aryl methyl sites for hydroxylation is 2. The normalized spacial score (nSPS) is 17.9. The predicted molar refractivity (Wildman–Crippen MR) is 122 cm³/mol. The van der Waals surface area contributed by atoms with Crippen molar-refractivity contribution in [2.45, 2.75) is 31.9 Å². The second-order valence-corrected chi connectivity index (χ2v) is 8.15. The first-order valence-corrected chi connectivity index (χ1v) is 10.8. The number of hydrogen-bond acceptors (Lipinski definition) is 5. The fourth-order valence-corrected chi connectivity index (χ4v) is 4.28. The minimum Gasteiger partial charge on any atom is -0.495 e. The molecule has 0 saturated heterocycles. The molecule has 8 heteroatoms. The Bertz CT molecular complexity index is 1340. The number of aliphatic hydroxyl groups is 1. The van der Waals surface area contributed by atoms with Gasteiger partial charge in [-0.2, -0.15) is 5.10 Å². The molecule has 1 aliphatic rings. The smallest absolute Gasteiger partial charge is 0.174 e. The molecule has 0 unspecified atom stereocenters. The van der Waals surface area contributed by atoms with Gasteiger partial charge < -0.3 is 14.4 Å². The Labute approximate surface area is 190 Å². The van der Waals surface area contributed by atoms with Crippen LogP contribution in [-0.4, -0.2) is 36.5 Å². The number of hydrogen-bond donors (Lipinski definition) is 1. The van der Waals surface area contributed by atoms with Gasteiger partial charge in [0.1, 0.15) is 11.6 Å². The van der Waals surface area contributed by atoms with Gasteiger partial charge in [-0.1, -0.05) is 30.3 Å². The molecule has 0 amide bonds. The first kappa shape index (κ1) is 21.1. The van der Waals surface area contributed by atoms with Crippen LogP contribution in [0.1, 0.15) is 41.3 Å². The van der Waals surface area contributed by atoms with Gasteiger partial charge in [0, 0.05) is 18.3 Å². The zero-order valence-electron chi connectivity index (χ0n) is 18.4. The summed E-state index contributed by atoms with van der Waals surface area (Å²) in [6.07, 6.45) is 8.42. The van der Waals surface area contributed by atoms with Crippen molar-refractivity contribution in [3.63, 3.8) is 0 Å². The topological polar surface area (TPSA) is 78.0 Å². The molecule has 1 atom stereocenters. The number of rotatable bonds is 5. The Balaban J connectivity index is 1.45. The summed E-state index contributed by atoms with van der Waals surface area (Å²) in [7, 11) is 1.63. The van der Waals surface area contributed by atoms with Crippen LogP contribution in [0.3, 0.4) is 0 Å². The lowest BCUT2D eigenvalue weighted by Gasteiger charge is -2.31. The van der Waals surface area contributed by atoms with E-state index in [2.05, 4.69) is 15.1 Å². The van der Waals surface area contributed by atoms with Gasteiger partial charge in [0.05, 0.1) is 24.8 Å². The molecule has 3 heterocycles. The Morgan fingerprint density at radius 1 is 1.18 bits per heavy atom. The van der Waals surface area contributed by atoms with Crippen molar-refractivity contribution in [1.82, 2.24) is 24.3 Å². The number of methoxy groups -OCH3 is 1. The molecule has 1 aliphatic heterocycles. The Morgan fingerprint density at radius 3 is 2.79 bits per heavy atom. The van der Waals surface area contributed by atoms with E-state index in [0.717, 1.165) is 16.9 Å². The maximum Gasteiger partial charge on any atom is 0.174 e. The van der Waals surface area contributed by atoms with Crippen LogP contribution in [0.5, 0.6) is 5.75 Å². The molecular weight excluding hydrogens is 421 g/mol. The van der Waals surface area contributed by atoms with Crippen LogP contribution >= 0.6 is 0 Å². The van der Waals surface area contributed by atoms with Crippen LogP contribution in [0.25, 0.3) is 17.8 Å². The molecule has 1 N–H and O–H groups in total. The Morgan fingerprint density at radius 2 is 2.03 bits per heavy atom. The molecule has 5 rings (SSSR count). The molecule has 0 aliphatic carbocycles. The summed E-state index contributed by atoms with van der Waals surface area (Å²) in [5.41, 5.74) is 1.44. The fourth-order valence-electron chi connectivity index (χ4n) is 4.28. The largest absolute Gasteiger partial charge is 0.495 e. The molecule has 7 nitrogen and oxygen atoms in total. The molecule has 0 bridgehead atoms. The van der Waals surface area contributed by atoms with Gasteiger partial charge in [0.25, 0.3) is 0 Å². The highest BCUT2D eigenvalue weighted by Crippen LogP contribution is 2.37. The average Bonchev–Trinajstić information content (AvgIpc) is 3.44. The molecule has 0 fully saturated rings. The molecule has 2 aromatic heterocycles. The summed E-state index contributed by atoms with van der Waals surface area (Å²) in [4.78, 5) is 8.82. The van der Waals surface area contributed by atoms with Gasteiger partial charge in [-0.15, -0.1) is 0 Å². The van der Waals surface area contributed by atoms with Gasteiger partial charge in [-0.3, -0.25) is 0 Å². The highest BCUT2D eigenvalue weighted by molar-refractivity contribution is 5.69. The highest BCUT2D eigenvalue weighted by Gasteiger charge is 2.41. The lowest BCUT2D eigenvalue weighted by molar-refractivity contribution is 0.0361. The van der Waals surface area contributed by atoms with E-state index in [9.17, 15) is 9.50 Å². The number of benzene rings is 2. The molecule has 2 aromatic carbocycles. The van der Waals surface area contributed by atoms with Gasteiger partial charge in [0.15, 0.2) is 17.2 Å². The van der Waals surface area contributed by atoms with E-state index in [-0.39, 0.29) is 5.56 Å². The van der Waals surface area contributed by atoms with Crippen LogP contribution in [0.4, 0.5) is 4.39 Å². The third-order valence-corrected chi connectivity index (χ3v) is 5.90. The van der Waals surface area contributed by atoms with E-state index < -0.39 is 11.4 Å². The molecule has 0 radical (unpaired) electrons. The standard InChI is InChI=1S/C25H24FN5O2/c1-17-15-30(16-27-17)21-10-8-18(14-22(21)33-2)9-11-23-28-24-25(32,12-5-13-31(24)29-23)19-6-3-4-7-20(19)26/h3-4,6-11,14-16,32H,5,12-13H2,1-2H3/b11-9+/t25-/m0/s1. The second-order valence-electron chi connectivity index (χ2n) is 8.15. The average molecular weight is 445 g/mol. The molecule has 168 valence electrons. The molecule has 4 aromatic rings. The van der Waals surface area contributed by atoms with E-state index in [1.807, 2.05) is 42.0 Å². The third kappa shape index (κ3) is 3.82. The van der Waals surface area contributed by atoms with Crippen molar-refractivity contribution in [3.05, 3.63) is 89.3 Å². The van der Waals surface area contributed by atoms with Crippen molar-refractivity contribution in [2.24, 2.45) is 0 Å². The summed E-state index contributed by atoms with van der Waals surface area (Å²) < 4.78 is 23.6. The van der Waals surface area contributed by atoms with Crippen LogP contribution in [0.2, 0.25) is 0 Å². The van der Waals surface area contributed by atoms with Crippen LogP contribution < -0.4 is 4.74 Å². The van der Waals surface area contributed by atoms with Crippen molar-refractivity contribution in [1.29, 1.82) is 0 Å². The van der Waals surface area contributed by atoms with Gasteiger partial charge in [0.2, 0.25) is 0 Å². The molecule has 0 spiro atoms. The highest BCUT2D eigenvalue weighted by atomic mass is 19.1. The number of imidazole rings is 1. The van der Waals surface area contributed by atoms with Gasteiger partial charge in [-0.05, 0) is 49.6 Å². The number of ether oxygens (including phenoxy) is 1. The van der Waals surface area contributed by atoms with E-state index in [1.54, 1.807) is 42.4 Å². The Hall–Kier alpha value is -3.78. The summed E-state index contributed by atoms with van der Waals surface area (Å²) in [5.74, 6) is 1.08. The van der Waals surface area contributed by atoms with E-state index in [1.165, 1.54) is 6.07 Å². The SMILES string of the molecule is COc1cc(/C=C/c2nc3n(n2)CCC[C@]3(O)c2ccccc2F)ccc1-n1cnc(C)c1. The minimum atomic E-state index is -1.50. The van der Waals surface area contributed by atoms with E-state index >= 15 is 0 Å². The maximum atomic E-state index is 14.5. The number of fused-ring (bicyclic) bond motifs is 1.